The SMILES string of the molecule is CCOC(=O)CCCNCC(=O)Nc1ccc(I)cc1C. The Bertz CT molecular complexity index is 492. The van der Waals surface area contributed by atoms with E-state index in [0.717, 1.165) is 14.8 Å². The van der Waals surface area contributed by atoms with Gasteiger partial charge in [0.2, 0.25) is 5.91 Å². The van der Waals surface area contributed by atoms with E-state index >= 15 is 0 Å². The zero-order valence-electron chi connectivity index (χ0n) is 12.4. The topological polar surface area (TPSA) is 67.4 Å². The lowest BCUT2D eigenvalue weighted by atomic mass is 10.2. The van der Waals surface area contributed by atoms with Gasteiger partial charge in [0, 0.05) is 15.7 Å². The van der Waals surface area contributed by atoms with Crippen molar-refractivity contribution >= 4 is 40.2 Å². The number of benzene rings is 1. The molecule has 0 fully saturated rings. The summed E-state index contributed by atoms with van der Waals surface area (Å²) >= 11 is 2.24. The predicted molar refractivity (Wildman–Crippen MR) is 91.3 cm³/mol. The molecule has 21 heavy (non-hydrogen) atoms. The van der Waals surface area contributed by atoms with Gasteiger partial charge in [0.05, 0.1) is 13.2 Å². The smallest absolute Gasteiger partial charge is 0.305 e. The van der Waals surface area contributed by atoms with E-state index in [2.05, 4.69) is 33.2 Å². The van der Waals surface area contributed by atoms with Crippen LogP contribution in [-0.2, 0) is 14.3 Å². The summed E-state index contributed by atoms with van der Waals surface area (Å²) in [4.78, 5) is 22.9. The molecule has 5 nitrogen and oxygen atoms in total. The number of esters is 1. The molecule has 0 atom stereocenters. The van der Waals surface area contributed by atoms with E-state index in [1.54, 1.807) is 6.92 Å². The maximum atomic E-state index is 11.8. The highest BCUT2D eigenvalue weighted by atomic mass is 127. The Morgan fingerprint density at radius 1 is 1.33 bits per heavy atom. The molecule has 0 bridgehead atoms. The Morgan fingerprint density at radius 2 is 2.10 bits per heavy atom. The minimum atomic E-state index is -0.196. The summed E-state index contributed by atoms with van der Waals surface area (Å²) in [6.45, 7) is 4.99. The van der Waals surface area contributed by atoms with Crippen molar-refractivity contribution in [3.05, 3.63) is 27.3 Å². The number of anilines is 1. The minimum Gasteiger partial charge on any atom is -0.466 e. The number of nitrogens with one attached hydrogen (secondary N) is 2. The lowest BCUT2D eigenvalue weighted by molar-refractivity contribution is -0.143. The second-order valence-electron chi connectivity index (χ2n) is 4.59. The Labute approximate surface area is 139 Å². The molecule has 1 rings (SSSR count). The molecule has 0 aromatic heterocycles. The number of rotatable bonds is 8. The van der Waals surface area contributed by atoms with Crippen molar-refractivity contribution in [1.82, 2.24) is 5.32 Å². The Balaban J connectivity index is 2.21. The number of carbonyl (C=O) groups excluding carboxylic acids is 2. The first-order valence-corrected chi connectivity index (χ1v) is 8.03. The van der Waals surface area contributed by atoms with Gasteiger partial charge in [0.1, 0.15) is 0 Å². The van der Waals surface area contributed by atoms with Crippen molar-refractivity contribution in [1.29, 1.82) is 0 Å². The van der Waals surface area contributed by atoms with Gasteiger partial charge in [-0.25, -0.2) is 0 Å². The molecule has 0 aliphatic heterocycles. The van der Waals surface area contributed by atoms with Crippen LogP contribution in [0.25, 0.3) is 0 Å². The van der Waals surface area contributed by atoms with Crippen LogP contribution in [-0.4, -0.2) is 31.6 Å². The van der Waals surface area contributed by atoms with Gasteiger partial charge in [-0.15, -0.1) is 0 Å². The van der Waals surface area contributed by atoms with Crippen LogP contribution in [0.3, 0.4) is 0 Å². The first-order chi connectivity index (χ1) is 10.0. The first kappa shape index (κ1) is 17.9. The molecule has 1 aromatic carbocycles. The predicted octanol–water partition coefficient (Wildman–Crippen LogP) is 2.47. The van der Waals surface area contributed by atoms with Crippen LogP contribution in [0.4, 0.5) is 5.69 Å². The highest BCUT2D eigenvalue weighted by molar-refractivity contribution is 14.1. The van der Waals surface area contributed by atoms with Crippen LogP contribution in [0.5, 0.6) is 0 Å². The highest BCUT2D eigenvalue weighted by Gasteiger charge is 2.05. The van der Waals surface area contributed by atoms with Crippen LogP contribution in [0, 0.1) is 10.5 Å². The van der Waals surface area contributed by atoms with Crippen molar-refractivity contribution in [3.63, 3.8) is 0 Å². The van der Waals surface area contributed by atoms with Crippen molar-refractivity contribution < 1.29 is 14.3 Å². The molecule has 0 aliphatic rings. The molecule has 0 saturated carbocycles. The Morgan fingerprint density at radius 3 is 2.76 bits per heavy atom. The normalized spacial score (nSPS) is 10.2. The fourth-order valence-corrected chi connectivity index (χ4v) is 2.40. The van der Waals surface area contributed by atoms with Crippen LogP contribution >= 0.6 is 22.6 Å². The third-order valence-electron chi connectivity index (χ3n) is 2.79. The average Bonchev–Trinajstić information content (AvgIpc) is 2.42. The molecule has 0 unspecified atom stereocenters. The number of amides is 1. The third kappa shape index (κ3) is 7.42. The van der Waals surface area contributed by atoms with Crippen LogP contribution in [0.15, 0.2) is 18.2 Å². The Kier molecular flexibility index (Phi) is 8.29. The standard InChI is InChI=1S/C15H21IN2O3/c1-3-21-15(20)5-4-8-17-10-14(19)18-13-7-6-12(16)9-11(13)2/h6-7,9,17H,3-5,8,10H2,1-2H3,(H,18,19). The molecule has 0 aliphatic carbocycles. The summed E-state index contributed by atoms with van der Waals surface area (Å²) in [5.41, 5.74) is 1.87. The second kappa shape index (κ2) is 9.73. The summed E-state index contributed by atoms with van der Waals surface area (Å²) in [6.07, 6.45) is 1.04. The van der Waals surface area contributed by atoms with E-state index in [4.69, 9.17) is 4.74 Å². The van der Waals surface area contributed by atoms with Crippen molar-refractivity contribution in [2.45, 2.75) is 26.7 Å². The van der Waals surface area contributed by atoms with E-state index in [1.165, 1.54) is 0 Å². The first-order valence-electron chi connectivity index (χ1n) is 6.95. The number of halogens is 1. The molecule has 1 aromatic rings. The summed E-state index contributed by atoms with van der Waals surface area (Å²) < 4.78 is 5.96. The maximum Gasteiger partial charge on any atom is 0.305 e. The molecule has 0 radical (unpaired) electrons. The van der Waals surface area contributed by atoms with Gasteiger partial charge in [-0.2, -0.15) is 0 Å². The number of carbonyl (C=O) groups is 2. The zero-order chi connectivity index (χ0) is 15.7. The molecule has 0 spiro atoms. The molecule has 2 N–H and O–H groups in total. The molecule has 6 heteroatoms. The van der Waals surface area contributed by atoms with Gasteiger partial charge in [-0.3, -0.25) is 9.59 Å². The van der Waals surface area contributed by atoms with Crippen LogP contribution < -0.4 is 10.6 Å². The summed E-state index contributed by atoms with van der Waals surface area (Å²) in [6, 6.07) is 5.87. The zero-order valence-corrected chi connectivity index (χ0v) is 14.5. The van der Waals surface area contributed by atoms with Gasteiger partial charge in [0.25, 0.3) is 0 Å². The fraction of sp³-hybridized carbons (Fsp3) is 0.467. The highest BCUT2D eigenvalue weighted by Crippen LogP contribution is 2.17. The molecular weight excluding hydrogens is 383 g/mol. The third-order valence-corrected chi connectivity index (χ3v) is 3.46. The minimum absolute atomic E-state index is 0.0876. The average molecular weight is 404 g/mol. The van der Waals surface area contributed by atoms with Crippen LogP contribution in [0.2, 0.25) is 0 Å². The van der Waals surface area contributed by atoms with Gasteiger partial charge in [0.15, 0.2) is 0 Å². The van der Waals surface area contributed by atoms with E-state index in [1.807, 2.05) is 25.1 Å². The lowest BCUT2D eigenvalue weighted by Crippen LogP contribution is -2.29. The second-order valence-corrected chi connectivity index (χ2v) is 5.84. The van der Waals surface area contributed by atoms with E-state index in [-0.39, 0.29) is 18.4 Å². The van der Waals surface area contributed by atoms with Crippen molar-refractivity contribution in [2.75, 3.05) is 25.0 Å². The van der Waals surface area contributed by atoms with Crippen molar-refractivity contribution in [2.24, 2.45) is 0 Å². The lowest BCUT2D eigenvalue weighted by Gasteiger charge is -2.09. The van der Waals surface area contributed by atoms with Crippen molar-refractivity contribution in [3.8, 4) is 0 Å². The number of ether oxygens (including phenoxy) is 1. The van der Waals surface area contributed by atoms with Gasteiger partial charge >= 0.3 is 5.97 Å². The molecule has 0 saturated heterocycles. The Hall–Kier alpha value is -1.15. The van der Waals surface area contributed by atoms with Gasteiger partial charge in [-0.1, -0.05) is 0 Å². The molecule has 1 amide bonds. The van der Waals surface area contributed by atoms with E-state index in [9.17, 15) is 9.59 Å². The molecule has 0 heterocycles. The summed E-state index contributed by atoms with van der Waals surface area (Å²) in [5, 5.41) is 5.87. The van der Waals surface area contributed by atoms with Crippen LogP contribution in [0.1, 0.15) is 25.3 Å². The van der Waals surface area contributed by atoms with E-state index < -0.39 is 0 Å². The monoisotopic (exact) mass is 404 g/mol. The number of aryl methyl sites for hydroxylation is 1. The molecular formula is C15H21IN2O3. The largest absolute Gasteiger partial charge is 0.466 e. The summed E-state index contributed by atoms with van der Waals surface area (Å²) in [7, 11) is 0. The number of hydrogen-bond acceptors (Lipinski definition) is 4. The van der Waals surface area contributed by atoms with Gasteiger partial charge in [-0.05, 0) is 73.2 Å². The number of hydrogen-bond donors (Lipinski definition) is 2. The summed E-state index contributed by atoms with van der Waals surface area (Å²) in [5.74, 6) is -0.284. The van der Waals surface area contributed by atoms with Gasteiger partial charge < -0.3 is 15.4 Å². The molecule has 116 valence electrons. The maximum absolute atomic E-state index is 11.8. The quantitative estimate of drug-likeness (QED) is 0.397. The fourth-order valence-electron chi connectivity index (χ4n) is 1.75. The van der Waals surface area contributed by atoms with E-state index in [0.29, 0.717) is 26.0 Å².